The summed E-state index contributed by atoms with van der Waals surface area (Å²) in [6.45, 7) is 2.21. The quantitative estimate of drug-likeness (QED) is 0.670. The summed E-state index contributed by atoms with van der Waals surface area (Å²) in [7, 11) is 0. The van der Waals surface area contributed by atoms with E-state index >= 15 is 0 Å². The first-order valence-corrected chi connectivity index (χ1v) is 4.88. The second-order valence-corrected chi connectivity index (χ2v) is 3.56. The summed E-state index contributed by atoms with van der Waals surface area (Å²) in [5.41, 5.74) is 1.57. The number of hydrogen-bond acceptors (Lipinski definition) is 3. The Hall–Kier alpha value is -0.970. The largest absolute Gasteiger partial charge is 0.394 e. The van der Waals surface area contributed by atoms with Gasteiger partial charge in [0.1, 0.15) is 5.82 Å². The third-order valence-electron chi connectivity index (χ3n) is 2.11. The molecular formula is C11H16FNO2. The molecular weight excluding hydrogens is 197 g/mol. The zero-order valence-electron chi connectivity index (χ0n) is 8.70. The van der Waals surface area contributed by atoms with E-state index in [1.165, 1.54) is 6.07 Å². The van der Waals surface area contributed by atoms with Gasteiger partial charge in [-0.15, -0.1) is 0 Å². The molecule has 0 radical (unpaired) electrons. The zero-order chi connectivity index (χ0) is 11.3. The first-order chi connectivity index (χ1) is 7.13. The molecule has 1 rings (SSSR count). The molecule has 1 aromatic rings. The van der Waals surface area contributed by atoms with Gasteiger partial charge in [0.15, 0.2) is 0 Å². The molecule has 0 amide bonds. The van der Waals surface area contributed by atoms with Crippen molar-refractivity contribution in [2.45, 2.75) is 19.6 Å². The Morgan fingerprint density at radius 1 is 1.47 bits per heavy atom. The number of rotatable bonds is 5. The molecule has 1 atom stereocenters. The van der Waals surface area contributed by atoms with Crippen LogP contribution in [0.1, 0.15) is 11.1 Å². The van der Waals surface area contributed by atoms with Gasteiger partial charge in [-0.3, -0.25) is 0 Å². The lowest BCUT2D eigenvalue weighted by molar-refractivity contribution is 0.0941. The Morgan fingerprint density at radius 3 is 2.87 bits per heavy atom. The van der Waals surface area contributed by atoms with Gasteiger partial charge in [-0.2, -0.15) is 0 Å². The fourth-order valence-electron chi connectivity index (χ4n) is 1.28. The molecule has 0 aliphatic heterocycles. The van der Waals surface area contributed by atoms with Crippen LogP contribution in [0.25, 0.3) is 0 Å². The highest BCUT2D eigenvalue weighted by molar-refractivity contribution is 5.23. The Bertz CT molecular complexity index is 317. The number of aryl methyl sites for hydroxylation is 1. The first kappa shape index (κ1) is 12.1. The summed E-state index contributed by atoms with van der Waals surface area (Å²) >= 11 is 0. The van der Waals surface area contributed by atoms with Crippen molar-refractivity contribution in [1.82, 2.24) is 5.32 Å². The summed E-state index contributed by atoms with van der Waals surface area (Å²) in [5, 5.41) is 20.5. The van der Waals surface area contributed by atoms with Crippen molar-refractivity contribution in [2.24, 2.45) is 0 Å². The van der Waals surface area contributed by atoms with E-state index in [0.29, 0.717) is 12.1 Å². The highest BCUT2D eigenvalue weighted by Crippen LogP contribution is 2.09. The molecule has 0 aliphatic rings. The highest BCUT2D eigenvalue weighted by atomic mass is 19.1. The van der Waals surface area contributed by atoms with Crippen LogP contribution >= 0.6 is 0 Å². The van der Waals surface area contributed by atoms with Gasteiger partial charge in [-0.25, -0.2) is 4.39 Å². The van der Waals surface area contributed by atoms with Crippen molar-refractivity contribution in [3.63, 3.8) is 0 Å². The molecule has 0 saturated carbocycles. The van der Waals surface area contributed by atoms with Crippen LogP contribution in [0.15, 0.2) is 18.2 Å². The second-order valence-electron chi connectivity index (χ2n) is 3.56. The molecule has 0 aromatic heterocycles. The fourth-order valence-corrected chi connectivity index (χ4v) is 1.28. The lowest BCUT2D eigenvalue weighted by Crippen LogP contribution is -2.29. The van der Waals surface area contributed by atoms with E-state index in [-0.39, 0.29) is 19.0 Å². The summed E-state index contributed by atoms with van der Waals surface area (Å²) < 4.78 is 13.2. The molecule has 0 aliphatic carbocycles. The minimum Gasteiger partial charge on any atom is -0.394 e. The van der Waals surface area contributed by atoms with Crippen LogP contribution in [0.4, 0.5) is 4.39 Å². The van der Waals surface area contributed by atoms with Gasteiger partial charge in [0.2, 0.25) is 0 Å². The molecule has 0 heterocycles. The van der Waals surface area contributed by atoms with Gasteiger partial charge in [-0.05, 0) is 13.0 Å². The van der Waals surface area contributed by atoms with Crippen LogP contribution in [0.5, 0.6) is 0 Å². The Morgan fingerprint density at radius 2 is 2.20 bits per heavy atom. The molecule has 1 unspecified atom stereocenters. The van der Waals surface area contributed by atoms with E-state index in [9.17, 15) is 4.39 Å². The van der Waals surface area contributed by atoms with Gasteiger partial charge in [0.05, 0.1) is 12.7 Å². The van der Waals surface area contributed by atoms with Crippen LogP contribution in [-0.4, -0.2) is 29.5 Å². The van der Waals surface area contributed by atoms with Gasteiger partial charge in [-0.1, -0.05) is 17.7 Å². The zero-order valence-corrected chi connectivity index (χ0v) is 8.70. The predicted octanol–water partition coefficient (Wildman–Crippen LogP) is 0.577. The average molecular weight is 213 g/mol. The Kier molecular flexibility index (Phi) is 4.68. The van der Waals surface area contributed by atoms with E-state index < -0.39 is 6.10 Å². The van der Waals surface area contributed by atoms with E-state index in [4.69, 9.17) is 10.2 Å². The van der Waals surface area contributed by atoms with E-state index in [0.717, 1.165) is 5.56 Å². The number of hydrogen-bond donors (Lipinski definition) is 3. The van der Waals surface area contributed by atoms with E-state index in [1.54, 1.807) is 12.1 Å². The van der Waals surface area contributed by atoms with E-state index in [1.807, 2.05) is 6.92 Å². The van der Waals surface area contributed by atoms with Gasteiger partial charge in [0.25, 0.3) is 0 Å². The van der Waals surface area contributed by atoms with Crippen molar-refractivity contribution < 1.29 is 14.6 Å². The summed E-state index contributed by atoms with van der Waals surface area (Å²) in [4.78, 5) is 0. The SMILES string of the molecule is Cc1ccc(F)c(CNCC(O)CO)c1. The van der Waals surface area contributed by atoms with Gasteiger partial charge in [0, 0.05) is 18.7 Å². The van der Waals surface area contributed by atoms with Crippen LogP contribution in [-0.2, 0) is 6.54 Å². The number of benzene rings is 1. The normalized spacial score (nSPS) is 12.8. The number of aliphatic hydroxyl groups excluding tert-OH is 2. The third-order valence-corrected chi connectivity index (χ3v) is 2.11. The minimum absolute atomic E-state index is 0.254. The van der Waals surface area contributed by atoms with Crippen LogP contribution in [0.2, 0.25) is 0 Å². The molecule has 3 nitrogen and oxygen atoms in total. The Balaban J connectivity index is 2.46. The highest BCUT2D eigenvalue weighted by Gasteiger charge is 2.04. The smallest absolute Gasteiger partial charge is 0.127 e. The van der Waals surface area contributed by atoms with Crippen molar-refractivity contribution in [3.8, 4) is 0 Å². The molecule has 4 heteroatoms. The number of aliphatic hydroxyl groups is 2. The lowest BCUT2D eigenvalue weighted by Gasteiger charge is -2.09. The summed E-state index contributed by atoms with van der Waals surface area (Å²) in [6.07, 6.45) is -0.794. The maximum Gasteiger partial charge on any atom is 0.127 e. The molecule has 0 bridgehead atoms. The topological polar surface area (TPSA) is 52.5 Å². The molecule has 0 saturated heterocycles. The summed E-state index contributed by atoms with van der Waals surface area (Å²) in [5.74, 6) is -0.258. The lowest BCUT2D eigenvalue weighted by atomic mass is 10.1. The van der Waals surface area contributed by atoms with Crippen molar-refractivity contribution >= 4 is 0 Å². The number of nitrogens with one attached hydrogen (secondary N) is 1. The fraction of sp³-hybridized carbons (Fsp3) is 0.455. The third kappa shape index (κ3) is 3.95. The summed E-state index contributed by atoms with van der Waals surface area (Å²) in [6, 6.07) is 4.89. The van der Waals surface area contributed by atoms with Crippen molar-refractivity contribution in [1.29, 1.82) is 0 Å². The average Bonchev–Trinajstić information content (AvgIpc) is 2.23. The molecule has 1 aromatic carbocycles. The molecule has 0 fully saturated rings. The monoisotopic (exact) mass is 213 g/mol. The molecule has 0 spiro atoms. The standard InChI is InChI=1S/C11H16FNO2/c1-8-2-3-11(12)9(4-8)5-13-6-10(15)7-14/h2-4,10,13-15H,5-7H2,1H3. The molecule has 15 heavy (non-hydrogen) atoms. The van der Waals surface area contributed by atoms with Crippen molar-refractivity contribution in [3.05, 3.63) is 35.1 Å². The van der Waals surface area contributed by atoms with Gasteiger partial charge >= 0.3 is 0 Å². The molecule has 3 N–H and O–H groups in total. The number of halogens is 1. The van der Waals surface area contributed by atoms with E-state index in [2.05, 4.69) is 5.32 Å². The first-order valence-electron chi connectivity index (χ1n) is 4.88. The predicted molar refractivity (Wildman–Crippen MR) is 55.9 cm³/mol. The van der Waals surface area contributed by atoms with Crippen LogP contribution in [0.3, 0.4) is 0 Å². The minimum atomic E-state index is -0.794. The van der Waals surface area contributed by atoms with Crippen molar-refractivity contribution in [2.75, 3.05) is 13.2 Å². The van der Waals surface area contributed by atoms with Gasteiger partial charge < -0.3 is 15.5 Å². The van der Waals surface area contributed by atoms with Crippen LogP contribution in [0, 0.1) is 12.7 Å². The Labute approximate surface area is 88.6 Å². The molecule has 84 valence electrons. The van der Waals surface area contributed by atoms with Crippen LogP contribution < -0.4 is 5.32 Å². The maximum atomic E-state index is 13.2. The second kappa shape index (κ2) is 5.80. The maximum absolute atomic E-state index is 13.2.